The highest BCUT2D eigenvalue weighted by atomic mass is 32.2. The molecular formula is C14H21N3O3S. The van der Waals surface area contributed by atoms with E-state index < -0.39 is 16.1 Å². The molecule has 1 atom stereocenters. The Labute approximate surface area is 125 Å². The smallest absolute Gasteiger partial charge is 0.240 e. The van der Waals surface area contributed by atoms with Gasteiger partial charge in [0.2, 0.25) is 15.9 Å². The van der Waals surface area contributed by atoms with Crippen LogP contribution in [0.1, 0.15) is 6.92 Å². The van der Waals surface area contributed by atoms with Crippen molar-refractivity contribution in [3.63, 3.8) is 0 Å². The fraction of sp³-hybridized carbons (Fsp3) is 0.500. The number of piperazine rings is 1. The number of carbonyl (C=O) groups is 1. The number of para-hydroxylation sites is 1. The van der Waals surface area contributed by atoms with Crippen LogP contribution in [-0.4, -0.2) is 57.7 Å². The van der Waals surface area contributed by atoms with Gasteiger partial charge in [-0.3, -0.25) is 4.79 Å². The third-order valence-corrected chi connectivity index (χ3v) is 4.26. The molecule has 0 spiro atoms. The largest absolute Gasteiger partial charge is 0.368 e. The van der Waals surface area contributed by atoms with Gasteiger partial charge in [0.05, 0.1) is 12.3 Å². The summed E-state index contributed by atoms with van der Waals surface area (Å²) >= 11 is 0. The van der Waals surface area contributed by atoms with E-state index in [2.05, 4.69) is 9.62 Å². The van der Waals surface area contributed by atoms with Gasteiger partial charge in [0.15, 0.2) is 0 Å². The lowest BCUT2D eigenvalue weighted by molar-refractivity contribution is -0.132. The Morgan fingerprint density at radius 1 is 1.14 bits per heavy atom. The van der Waals surface area contributed by atoms with E-state index in [1.54, 1.807) is 11.8 Å². The number of anilines is 1. The Bertz CT molecular complexity index is 581. The van der Waals surface area contributed by atoms with Crippen molar-refractivity contribution in [2.45, 2.75) is 13.0 Å². The van der Waals surface area contributed by atoms with E-state index in [-0.39, 0.29) is 5.91 Å². The summed E-state index contributed by atoms with van der Waals surface area (Å²) in [5, 5.41) is 0. The summed E-state index contributed by atoms with van der Waals surface area (Å²) in [6.07, 6.45) is 1.06. The molecule has 21 heavy (non-hydrogen) atoms. The van der Waals surface area contributed by atoms with Crippen molar-refractivity contribution in [3.05, 3.63) is 30.3 Å². The molecule has 116 valence electrons. The van der Waals surface area contributed by atoms with Crippen molar-refractivity contribution in [2.24, 2.45) is 0 Å². The first kappa shape index (κ1) is 15.8. The van der Waals surface area contributed by atoms with E-state index in [0.29, 0.717) is 13.1 Å². The minimum atomic E-state index is -3.37. The summed E-state index contributed by atoms with van der Waals surface area (Å²) in [7, 11) is -3.37. The minimum absolute atomic E-state index is 0.173. The second kappa shape index (κ2) is 6.44. The van der Waals surface area contributed by atoms with Crippen LogP contribution in [0.3, 0.4) is 0 Å². The molecule has 1 amide bonds. The maximum absolute atomic E-state index is 12.2. The van der Waals surface area contributed by atoms with Crippen LogP contribution in [0.15, 0.2) is 30.3 Å². The van der Waals surface area contributed by atoms with Crippen LogP contribution in [0.4, 0.5) is 5.69 Å². The zero-order valence-corrected chi connectivity index (χ0v) is 13.1. The second-order valence-electron chi connectivity index (χ2n) is 5.26. The summed E-state index contributed by atoms with van der Waals surface area (Å²) in [6.45, 7) is 4.28. The van der Waals surface area contributed by atoms with Gasteiger partial charge in [-0.2, -0.15) is 0 Å². The summed E-state index contributed by atoms with van der Waals surface area (Å²) in [5.41, 5.74) is 1.15. The SMILES string of the molecule is C[C@H](NS(C)(=O)=O)C(=O)N1CCN(c2ccccc2)CC1. The Morgan fingerprint density at radius 2 is 1.71 bits per heavy atom. The zero-order chi connectivity index (χ0) is 15.5. The highest BCUT2D eigenvalue weighted by Crippen LogP contribution is 2.15. The van der Waals surface area contributed by atoms with Gasteiger partial charge in [0.1, 0.15) is 0 Å². The summed E-state index contributed by atoms with van der Waals surface area (Å²) < 4.78 is 24.7. The molecule has 0 bridgehead atoms. The molecular weight excluding hydrogens is 290 g/mol. The van der Waals surface area contributed by atoms with Gasteiger partial charge < -0.3 is 9.80 Å². The summed E-state index contributed by atoms with van der Waals surface area (Å²) in [6, 6.07) is 9.33. The van der Waals surface area contributed by atoms with E-state index in [1.165, 1.54) is 0 Å². The molecule has 1 aromatic carbocycles. The standard InChI is InChI=1S/C14H21N3O3S/c1-12(15-21(2,19)20)14(18)17-10-8-16(9-11-17)13-6-4-3-5-7-13/h3-7,12,15H,8-11H2,1-2H3/t12-/m0/s1. The Hall–Kier alpha value is -1.60. The number of nitrogens with zero attached hydrogens (tertiary/aromatic N) is 2. The second-order valence-corrected chi connectivity index (χ2v) is 7.04. The Morgan fingerprint density at radius 3 is 2.24 bits per heavy atom. The van der Waals surface area contributed by atoms with Crippen LogP contribution < -0.4 is 9.62 Å². The molecule has 1 aliphatic heterocycles. The number of hydrogen-bond donors (Lipinski definition) is 1. The average Bonchev–Trinajstić information content (AvgIpc) is 2.46. The fourth-order valence-corrected chi connectivity index (χ4v) is 3.21. The van der Waals surface area contributed by atoms with Crippen molar-refractivity contribution in [1.29, 1.82) is 0 Å². The summed E-state index contributed by atoms with van der Waals surface area (Å²) in [5.74, 6) is -0.173. The quantitative estimate of drug-likeness (QED) is 0.867. The predicted molar refractivity (Wildman–Crippen MR) is 82.7 cm³/mol. The normalized spacial score (nSPS) is 17.6. The zero-order valence-electron chi connectivity index (χ0n) is 12.3. The maximum Gasteiger partial charge on any atom is 0.240 e. The number of carbonyl (C=O) groups excluding carboxylic acids is 1. The van der Waals surface area contributed by atoms with Gasteiger partial charge >= 0.3 is 0 Å². The van der Waals surface area contributed by atoms with Crippen LogP contribution in [0.2, 0.25) is 0 Å². The Kier molecular flexibility index (Phi) is 4.84. The summed E-state index contributed by atoms with van der Waals surface area (Å²) in [4.78, 5) is 16.1. The molecule has 2 rings (SSSR count). The highest BCUT2D eigenvalue weighted by Gasteiger charge is 2.26. The van der Waals surface area contributed by atoms with E-state index >= 15 is 0 Å². The first-order chi connectivity index (χ1) is 9.87. The van der Waals surface area contributed by atoms with Gasteiger partial charge in [-0.15, -0.1) is 0 Å². The van der Waals surface area contributed by atoms with Crippen molar-refractivity contribution >= 4 is 21.6 Å². The van der Waals surface area contributed by atoms with Gasteiger partial charge in [-0.25, -0.2) is 13.1 Å². The van der Waals surface area contributed by atoms with Gasteiger partial charge in [-0.1, -0.05) is 18.2 Å². The number of amides is 1. The monoisotopic (exact) mass is 311 g/mol. The molecule has 0 aliphatic carbocycles. The Balaban J connectivity index is 1.90. The van der Waals surface area contributed by atoms with E-state index in [4.69, 9.17) is 0 Å². The van der Waals surface area contributed by atoms with Crippen molar-refractivity contribution < 1.29 is 13.2 Å². The number of nitrogens with one attached hydrogen (secondary N) is 1. The van der Waals surface area contributed by atoms with E-state index in [0.717, 1.165) is 25.0 Å². The van der Waals surface area contributed by atoms with Crippen LogP contribution in [0.25, 0.3) is 0 Å². The third-order valence-electron chi connectivity index (χ3n) is 3.47. The molecule has 1 fully saturated rings. The molecule has 1 N–H and O–H groups in total. The highest BCUT2D eigenvalue weighted by molar-refractivity contribution is 7.88. The predicted octanol–water partition coefficient (Wildman–Crippen LogP) is 0.273. The first-order valence-corrected chi connectivity index (χ1v) is 8.82. The van der Waals surface area contributed by atoms with Crippen LogP contribution in [0.5, 0.6) is 0 Å². The van der Waals surface area contributed by atoms with Crippen LogP contribution in [-0.2, 0) is 14.8 Å². The van der Waals surface area contributed by atoms with Crippen LogP contribution >= 0.6 is 0 Å². The molecule has 1 heterocycles. The molecule has 0 saturated carbocycles. The lowest BCUT2D eigenvalue weighted by Crippen LogP contribution is -2.54. The number of benzene rings is 1. The molecule has 0 radical (unpaired) electrons. The topological polar surface area (TPSA) is 69.7 Å². The minimum Gasteiger partial charge on any atom is -0.368 e. The molecule has 6 nitrogen and oxygen atoms in total. The van der Waals surface area contributed by atoms with Gasteiger partial charge in [-0.05, 0) is 19.1 Å². The molecule has 1 aliphatic rings. The molecule has 1 aromatic rings. The van der Waals surface area contributed by atoms with E-state index in [1.807, 2.05) is 30.3 Å². The van der Waals surface area contributed by atoms with Crippen molar-refractivity contribution in [1.82, 2.24) is 9.62 Å². The van der Waals surface area contributed by atoms with Crippen molar-refractivity contribution in [3.8, 4) is 0 Å². The first-order valence-electron chi connectivity index (χ1n) is 6.93. The maximum atomic E-state index is 12.2. The molecule has 0 unspecified atom stereocenters. The van der Waals surface area contributed by atoms with E-state index in [9.17, 15) is 13.2 Å². The van der Waals surface area contributed by atoms with Gasteiger partial charge in [0, 0.05) is 31.9 Å². The third kappa shape index (κ3) is 4.44. The number of rotatable bonds is 4. The number of hydrogen-bond acceptors (Lipinski definition) is 4. The number of sulfonamides is 1. The molecule has 1 saturated heterocycles. The lowest BCUT2D eigenvalue weighted by atomic mass is 10.2. The average molecular weight is 311 g/mol. The lowest BCUT2D eigenvalue weighted by Gasteiger charge is -2.37. The molecule has 7 heteroatoms. The van der Waals surface area contributed by atoms with Crippen molar-refractivity contribution in [2.75, 3.05) is 37.3 Å². The van der Waals surface area contributed by atoms with Crippen LogP contribution in [0, 0.1) is 0 Å². The fourth-order valence-electron chi connectivity index (χ4n) is 2.47. The van der Waals surface area contributed by atoms with Gasteiger partial charge in [0.25, 0.3) is 0 Å². The molecule has 0 aromatic heterocycles.